The van der Waals surface area contributed by atoms with Gasteiger partial charge in [0.2, 0.25) is 0 Å². The van der Waals surface area contributed by atoms with Crippen molar-refractivity contribution in [3.05, 3.63) is 137 Å². The third kappa shape index (κ3) is 6.66. The Kier molecular flexibility index (Phi) is 8.06. The van der Waals surface area contributed by atoms with Gasteiger partial charge in [-0.05, 0) is 97.8 Å². The highest BCUT2D eigenvalue weighted by atomic mass is 19.1. The van der Waals surface area contributed by atoms with Crippen LogP contribution < -0.4 is 14.9 Å². The molecule has 0 saturated heterocycles. The van der Waals surface area contributed by atoms with Crippen molar-refractivity contribution in [3.8, 4) is 17.2 Å². The second kappa shape index (κ2) is 12.2. The van der Waals surface area contributed by atoms with Crippen LogP contribution in [-0.4, -0.2) is 16.7 Å². The number of rotatable bonds is 10. The Morgan fingerprint density at radius 3 is 2.35 bits per heavy atom. The van der Waals surface area contributed by atoms with E-state index in [0.717, 1.165) is 28.2 Å². The van der Waals surface area contributed by atoms with Crippen molar-refractivity contribution in [2.75, 3.05) is 0 Å². The molecule has 0 bridgehead atoms. The van der Waals surface area contributed by atoms with E-state index in [1.807, 2.05) is 42.5 Å². The van der Waals surface area contributed by atoms with E-state index in [2.05, 4.69) is 41.1 Å². The van der Waals surface area contributed by atoms with E-state index in [1.54, 1.807) is 30.3 Å². The molecule has 5 rings (SSSR count). The first-order valence-corrected chi connectivity index (χ1v) is 12.7. The first-order valence-electron chi connectivity index (χ1n) is 12.7. The molecule has 0 aliphatic rings. The van der Waals surface area contributed by atoms with Gasteiger partial charge >= 0.3 is 5.91 Å². The van der Waals surface area contributed by atoms with Crippen LogP contribution in [-0.2, 0) is 13.2 Å². The fourth-order valence-corrected chi connectivity index (χ4v) is 4.15. The second-order valence-electron chi connectivity index (χ2n) is 9.19. The fraction of sp³-hybridized carbons (Fsp3) is 0.125. The topological polar surface area (TPSA) is 78.0 Å². The van der Waals surface area contributed by atoms with Gasteiger partial charge in [0.05, 0.1) is 6.21 Å². The van der Waals surface area contributed by atoms with Crippen LogP contribution in [0.15, 0.2) is 107 Å². The zero-order valence-corrected chi connectivity index (χ0v) is 22.1. The summed E-state index contributed by atoms with van der Waals surface area (Å²) in [5, 5.41) is 4.02. The van der Waals surface area contributed by atoms with E-state index >= 15 is 0 Å². The van der Waals surface area contributed by atoms with E-state index in [9.17, 15) is 9.18 Å². The number of halogens is 1. The average Bonchev–Trinajstić information content (AvgIpc) is 3.58. The largest absolute Gasteiger partial charge is 0.489 e. The van der Waals surface area contributed by atoms with Crippen LogP contribution in [0.2, 0.25) is 0 Å². The predicted octanol–water partition coefficient (Wildman–Crippen LogP) is 6.75. The first kappa shape index (κ1) is 26.5. The van der Waals surface area contributed by atoms with Crippen LogP contribution in [0.5, 0.6) is 11.5 Å². The molecule has 5 aromatic rings. The molecule has 2 heterocycles. The molecule has 0 radical (unpaired) electrons. The van der Waals surface area contributed by atoms with Gasteiger partial charge in [0, 0.05) is 17.1 Å². The maximum absolute atomic E-state index is 13.1. The molecular weight excluding hydrogens is 509 g/mol. The number of furan rings is 1. The van der Waals surface area contributed by atoms with Crippen LogP contribution in [0.1, 0.15) is 38.8 Å². The van der Waals surface area contributed by atoms with E-state index in [4.69, 9.17) is 13.9 Å². The Hall–Kier alpha value is -5.11. The third-order valence-electron chi connectivity index (χ3n) is 6.19. The van der Waals surface area contributed by atoms with E-state index in [-0.39, 0.29) is 18.2 Å². The molecule has 1 amide bonds. The van der Waals surface area contributed by atoms with Crippen LogP contribution in [0.3, 0.4) is 0 Å². The summed E-state index contributed by atoms with van der Waals surface area (Å²) in [5.74, 6) is 1.19. The standard InChI is InChI=1S/C32H28FN3O4/c1-22-6-7-23(2)36(22)27-12-14-28(15-13-27)39-21-30-16-17-31(40-30)32(37)35-34-19-25-4-3-5-29(18-25)38-20-24-8-10-26(33)11-9-24/h3-19H,20-21H2,1-2H3,(H,35,37)/b34-19+. The molecule has 0 aliphatic heterocycles. The summed E-state index contributed by atoms with van der Waals surface area (Å²) >= 11 is 0. The van der Waals surface area contributed by atoms with Crippen molar-refractivity contribution in [3.63, 3.8) is 0 Å². The summed E-state index contributed by atoms with van der Waals surface area (Å²) in [6, 6.07) is 28.6. The highest BCUT2D eigenvalue weighted by Crippen LogP contribution is 2.21. The average molecular weight is 538 g/mol. The zero-order valence-electron chi connectivity index (χ0n) is 22.1. The Bertz CT molecular complexity index is 1600. The quantitative estimate of drug-likeness (QED) is 0.158. The fourth-order valence-electron chi connectivity index (χ4n) is 4.15. The van der Waals surface area contributed by atoms with Crippen LogP contribution in [0, 0.1) is 19.7 Å². The van der Waals surface area contributed by atoms with Crippen molar-refractivity contribution < 1.29 is 23.1 Å². The number of amides is 1. The molecule has 0 fully saturated rings. The van der Waals surface area contributed by atoms with Gasteiger partial charge < -0.3 is 18.5 Å². The number of carbonyl (C=O) groups excluding carboxylic acids is 1. The van der Waals surface area contributed by atoms with Gasteiger partial charge in [-0.25, -0.2) is 9.82 Å². The van der Waals surface area contributed by atoms with E-state index in [0.29, 0.717) is 23.9 Å². The van der Waals surface area contributed by atoms with Crippen molar-refractivity contribution in [1.29, 1.82) is 0 Å². The number of benzene rings is 3. The number of nitrogens with one attached hydrogen (secondary N) is 1. The zero-order chi connectivity index (χ0) is 27.9. The summed E-state index contributed by atoms with van der Waals surface area (Å²) < 4.78 is 32.4. The summed E-state index contributed by atoms with van der Waals surface area (Å²) in [4.78, 5) is 12.5. The monoisotopic (exact) mass is 537 g/mol. The lowest BCUT2D eigenvalue weighted by atomic mass is 10.2. The molecule has 0 unspecified atom stereocenters. The summed E-state index contributed by atoms with van der Waals surface area (Å²) in [7, 11) is 0. The lowest BCUT2D eigenvalue weighted by Gasteiger charge is -2.10. The van der Waals surface area contributed by atoms with E-state index < -0.39 is 5.91 Å². The SMILES string of the molecule is Cc1ccc(C)n1-c1ccc(OCc2ccc(C(=O)N/N=C/c3cccc(OCc4ccc(F)cc4)c3)o2)cc1. The highest BCUT2D eigenvalue weighted by Gasteiger charge is 2.11. The van der Waals surface area contributed by atoms with Crippen LogP contribution in [0.4, 0.5) is 4.39 Å². The van der Waals surface area contributed by atoms with E-state index in [1.165, 1.54) is 18.3 Å². The number of carbonyl (C=O) groups is 1. The van der Waals surface area contributed by atoms with Crippen molar-refractivity contribution in [2.24, 2.45) is 5.10 Å². The molecule has 1 N–H and O–H groups in total. The number of ether oxygens (including phenoxy) is 2. The predicted molar refractivity (Wildman–Crippen MR) is 151 cm³/mol. The van der Waals surface area contributed by atoms with Crippen LogP contribution >= 0.6 is 0 Å². The molecule has 0 atom stereocenters. The Morgan fingerprint density at radius 1 is 0.875 bits per heavy atom. The second-order valence-corrected chi connectivity index (χ2v) is 9.19. The van der Waals surface area contributed by atoms with Crippen molar-refractivity contribution in [1.82, 2.24) is 9.99 Å². The molecule has 0 saturated carbocycles. The van der Waals surface area contributed by atoms with Gasteiger partial charge in [-0.2, -0.15) is 5.10 Å². The van der Waals surface area contributed by atoms with Gasteiger partial charge in [0.15, 0.2) is 5.76 Å². The normalized spacial score (nSPS) is 11.1. The van der Waals surface area contributed by atoms with Gasteiger partial charge in [-0.3, -0.25) is 4.79 Å². The molecule has 202 valence electrons. The van der Waals surface area contributed by atoms with Gasteiger partial charge in [0.1, 0.15) is 36.3 Å². The number of aryl methyl sites for hydroxylation is 2. The number of nitrogens with zero attached hydrogens (tertiary/aromatic N) is 2. The molecule has 3 aromatic carbocycles. The maximum atomic E-state index is 13.1. The molecule has 7 nitrogen and oxygen atoms in total. The number of aromatic nitrogens is 1. The molecular formula is C32H28FN3O4. The Morgan fingerprint density at radius 2 is 1.60 bits per heavy atom. The van der Waals surface area contributed by atoms with Gasteiger partial charge in [0.25, 0.3) is 0 Å². The third-order valence-corrected chi connectivity index (χ3v) is 6.19. The Balaban J connectivity index is 1.10. The van der Waals surface area contributed by atoms with Gasteiger partial charge in [-0.1, -0.05) is 24.3 Å². The minimum Gasteiger partial charge on any atom is -0.489 e. The minimum atomic E-state index is -0.479. The molecule has 0 spiro atoms. The number of hydrazone groups is 1. The molecule has 40 heavy (non-hydrogen) atoms. The molecule has 2 aromatic heterocycles. The summed E-state index contributed by atoms with van der Waals surface area (Å²) in [6.07, 6.45) is 1.51. The minimum absolute atomic E-state index is 0.126. The Labute approximate surface area is 231 Å². The lowest BCUT2D eigenvalue weighted by Crippen LogP contribution is -2.16. The van der Waals surface area contributed by atoms with Gasteiger partial charge in [-0.15, -0.1) is 0 Å². The lowest BCUT2D eigenvalue weighted by molar-refractivity contribution is 0.0923. The van der Waals surface area contributed by atoms with Crippen LogP contribution in [0.25, 0.3) is 5.69 Å². The number of hydrogen-bond donors (Lipinski definition) is 1. The molecule has 8 heteroatoms. The number of hydrogen-bond acceptors (Lipinski definition) is 5. The summed E-state index contributed by atoms with van der Waals surface area (Å²) in [5.41, 5.74) is 7.44. The van der Waals surface area contributed by atoms with Crippen molar-refractivity contribution in [2.45, 2.75) is 27.1 Å². The smallest absolute Gasteiger partial charge is 0.307 e. The van der Waals surface area contributed by atoms with Crippen molar-refractivity contribution >= 4 is 12.1 Å². The molecule has 0 aliphatic carbocycles. The highest BCUT2D eigenvalue weighted by molar-refractivity contribution is 5.92. The summed E-state index contributed by atoms with van der Waals surface area (Å²) in [6.45, 7) is 4.63. The maximum Gasteiger partial charge on any atom is 0.307 e. The first-order chi connectivity index (χ1) is 19.4.